The second-order valence-corrected chi connectivity index (χ2v) is 6.91. The summed E-state index contributed by atoms with van der Waals surface area (Å²) in [5, 5.41) is 9.73. The smallest absolute Gasteiger partial charge is 0.351 e. The number of aromatic carboxylic acids is 1. The molecule has 28 heavy (non-hydrogen) atoms. The van der Waals surface area contributed by atoms with Gasteiger partial charge in [0.15, 0.2) is 5.88 Å². The monoisotopic (exact) mass is 392 g/mol. The summed E-state index contributed by atoms with van der Waals surface area (Å²) in [5.41, 5.74) is 3.49. The van der Waals surface area contributed by atoms with Crippen LogP contribution in [0.4, 0.5) is 5.69 Å². The first-order valence-electron chi connectivity index (χ1n) is 8.73. The Balaban J connectivity index is 2.16. The highest BCUT2D eigenvalue weighted by molar-refractivity contribution is 7.98. The minimum atomic E-state index is -1.09. The molecule has 1 N–H and O–H groups in total. The van der Waals surface area contributed by atoms with E-state index in [9.17, 15) is 9.90 Å². The Bertz CT molecular complexity index is 1060. The molecule has 2 aromatic carbocycles. The molecule has 0 aliphatic carbocycles. The maximum Gasteiger partial charge on any atom is 0.351 e. The van der Waals surface area contributed by atoms with E-state index in [1.54, 1.807) is 25.7 Å². The maximum absolute atomic E-state index is 11.9. The Morgan fingerprint density at radius 3 is 2.39 bits per heavy atom. The molecule has 3 aromatic rings. The number of rotatable bonds is 6. The molecule has 0 saturated heterocycles. The van der Waals surface area contributed by atoms with Gasteiger partial charge in [-0.2, -0.15) is 0 Å². The van der Waals surface area contributed by atoms with Gasteiger partial charge in [0.25, 0.3) is 5.69 Å². The van der Waals surface area contributed by atoms with E-state index in [-0.39, 0.29) is 17.3 Å². The van der Waals surface area contributed by atoms with Crippen molar-refractivity contribution in [1.29, 1.82) is 0 Å². The number of nitrogens with zero attached hydrogens (tertiary/aromatic N) is 2. The maximum atomic E-state index is 11.9. The molecule has 0 atom stereocenters. The largest absolute Gasteiger partial charge is 0.488 e. The number of carbonyl (C=O) groups is 1. The van der Waals surface area contributed by atoms with Gasteiger partial charge in [-0.15, -0.1) is 11.8 Å². The molecule has 0 aliphatic heterocycles. The first-order valence-corrected chi connectivity index (χ1v) is 9.96. The van der Waals surface area contributed by atoms with Crippen molar-refractivity contribution in [3.8, 4) is 28.1 Å². The zero-order valence-corrected chi connectivity index (χ0v) is 16.7. The Hall–Kier alpha value is -3.17. The Labute approximate surface area is 168 Å². The van der Waals surface area contributed by atoms with E-state index >= 15 is 0 Å². The first-order chi connectivity index (χ1) is 13.5. The molecule has 0 saturated carbocycles. The van der Waals surface area contributed by atoms with Crippen LogP contribution in [0.3, 0.4) is 0 Å². The molecule has 5 nitrogen and oxygen atoms in total. The van der Waals surface area contributed by atoms with Crippen molar-refractivity contribution < 1.29 is 14.6 Å². The van der Waals surface area contributed by atoms with Crippen LogP contribution in [-0.2, 0) is 7.05 Å². The third-order valence-corrected chi connectivity index (χ3v) is 5.30. The van der Waals surface area contributed by atoms with Crippen LogP contribution in [0.25, 0.3) is 27.1 Å². The van der Waals surface area contributed by atoms with Crippen LogP contribution < -0.4 is 4.74 Å². The van der Waals surface area contributed by atoms with Crippen molar-refractivity contribution in [2.24, 2.45) is 7.05 Å². The van der Waals surface area contributed by atoms with Gasteiger partial charge in [0.1, 0.15) is 5.69 Å². The van der Waals surface area contributed by atoms with Crippen molar-refractivity contribution in [3.05, 3.63) is 65.6 Å². The fourth-order valence-electron chi connectivity index (χ4n) is 3.28. The molecule has 0 spiro atoms. The molecule has 0 radical (unpaired) electrons. The lowest BCUT2D eigenvalue weighted by atomic mass is 9.99. The molecule has 0 aliphatic rings. The van der Waals surface area contributed by atoms with Gasteiger partial charge in [-0.3, -0.25) is 0 Å². The van der Waals surface area contributed by atoms with Crippen LogP contribution in [0.5, 0.6) is 5.88 Å². The van der Waals surface area contributed by atoms with Crippen molar-refractivity contribution in [3.63, 3.8) is 0 Å². The highest BCUT2D eigenvalue weighted by Crippen LogP contribution is 2.44. The number of benzene rings is 2. The van der Waals surface area contributed by atoms with E-state index in [2.05, 4.69) is 17.0 Å². The Morgan fingerprint density at radius 1 is 1.18 bits per heavy atom. The number of hydrogen-bond acceptors (Lipinski definition) is 3. The summed E-state index contributed by atoms with van der Waals surface area (Å²) in [4.78, 5) is 16.6. The standard InChI is InChI=1S/C22H20N2O3S/c1-5-27-21-19(23-2)18(20(22(25)26)24(21)3)15-12-10-14(11-13-15)16-8-6-7-9-17(16)28-4/h6-13H,5H2,1,3-4H3,(H,25,26). The third-order valence-electron chi connectivity index (χ3n) is 4.50. The lowest BCUT2D eigenvalue weighted by Gasteiger charge is -2.09. The summed E-state index contributed by atoms with van der Waals surface area (Å²) < 4.78 is 6.99. The zero-order valence-electron chi connectivity index (χ0n) is 15.9. The second kappa shape index (κ2) is 8.24. The van der Waals surface area contributed by atoms with Crippen molar-refractivity contribution in [2.45, 2.75) is 11.8 Å². The van der Waals surface area contributed by atoms with Gasteiger partial charge in [-0.05, 0) is 35.9 Å². The molecular weight excluding hydrogens is 372 g/mol. The molecule has 0 bridgehead atoms. The number of aromatic nitrogens is 1. The Morgan fingerprint density at radius 2 is 1.82 bits per heavy atom. The van der Waals surface area contributed by atoms with Gasteiger partial charge in [0, 0.05) is 17.5 Å². The zero-order chi connectivity index (χ0) is 20.3. The summed E-state index contributed by atoms with van der Waals surface area (Å²) in [6.07, 6.45) is 2.04. The fourth-order valence-corrected chi connectivity index (χ4v) is 3.90. The summed E-state index contributed by atoms with van der Waals surface area (Å²) in [6, 6.07) is 15.8. The summed E-state index contributed by atoms with van der Waals surface area (Å²) >= 11 is 1.68. The third kappa shape index (κ3) is 3.37. The van der Waals surface area contributed by atoms with Crippen molar-refractivity contribution in [2.75, 3.05) is 12.9 Å². The van der Waals surface area contributed by atoms with Crippen LogP contribution in [-0.4, -0.2) is 28.5 Å². The molecule has 0 amide bonds. The molecule has 0 fully saturated rings. The fraction of sp³-hybridized carbons (Fsp3) is 0.182. The Kier molecular flexibility index (Phi) is 5.76. The second-order valence-electron chi connectivity index (χ2n) is 6.06. The minimum absolute atomic E-state index is 0.0479. The molecule has 3 rings (SSSR count). The summed E-state index contributed by atoms with van der Waals surface area (Å²) in [7, 11) is 1.61. The highest BCUT2D eigenvalue weighted by Gasteiger charge is 2.27. The molecular formula is C22H20N2O3S. The van der Waals surface area contributed by atoms with E-state index in [4.69, 9.17) is 11.3 Å². The van der Waals surface area contributed by atoms with Crippen LogP contribution in [0.1, 0.15) is 17.4 Å². The number of ether oxygens (including phenoxy) is 1. The average Bonchev–Trinajstić information content (AvgIpc) is 3.00. The minimum Gasteiger partial charge on any atom is -0.488 e. The lowest BCUT2D eigenvalue weighted by molar-refractivity contribution is 0.0686. The van der Waals surface area contributed by atoms with Crippen molar-refractivity contribution in [1.82, 2.24) is 4.57 Å². The van der Waals surface area contributed by atoms with E-state index in [0.29, 0.717) is 17.7 Å². The van der Waals surface area contributed by atoms with Crippen LogP contribution in [0.2, 0.25) is 0 Å². The molecule has 1 aromatic heterocycles. The van der Waals surface area contributed by atoms with Crippen LogP contribution in [0.15, 0.2) is 53.4 Å². The SMILES string of the molecule is [C-]#[N+]c1c(-c2ccc(-c3ccccc3SC)cc2)c(C(=O)O)n(C)c1OCC. The number of carboxylic acids is 1. The normalized spacial score (nSPS) is 10.5. The first kappa shape index (κ1) is 19.6. The molecule has 142 valence electrons. The van der Waals surface area contributed by atoms with Gasteiger partial charge in [-0.25, -0.2) is 9.64 Å². The van der Waals surface area contributed by atoms with Gasteiger partial charge >= 0.3 is 5.97 Å². The molecule has 0 unspecified atom stereocenters. The van der Waals surface area contributed by atoms with E-state index in [1.165, 1.54) is 9.46 Å². The van der Waals surface area contributed by atoms with Crippen molar-refractivity contribution >= 4 is 23.4 Å². The molecule has 6 heteroatoms. The van der Waals surface area contributed by atoms with Crippen LogP contribution >= 0.6 is 11.8 Å². The lowest BCUT2D eigenvalue weighted by Crippen LogP contribution is -2.07. The van der Waals surface area contributed by atoms with E-state index in [1.807, 2.05) is 42.7 Å². The molecule has 1 heterocycles. The predicted octanol–water partition coefficient (Wildman–Crippen LogP) is 5.73. The van der Waals surface area contributed by atoms with E-state index in [0.717, 1.165) is 11.1 Å². The van der Waals surface area contributed by atoms with E-state index < -0.39 is 5.97 Å². The number of thioether (sulfide) groups is 1. The summed E-state index contributed by atoms with van der Waals surface area (Å²) in [5.74, 6) is -0.813. The summed E-state index contributed by atoms with van der Waals surface area (Å²) in [6.45, 7) is 9.72. The number of carboxylic acid groups (broad SMARTS) is 1. The van der Waals surface area contributed by atoms with Gasteiger partial charge in [0.2, 0.25) is 0 Å². The quantitative estimate of drug-likeness (QED) is 0.430. The van der Waals surface area contributed by atoms with Gasteiger partial charge < -0.3 is 14.4 Å². The van der Waals surface area contributed by atoms with Crippen LogP contribution in [0, 0.1) is 6.57 Å². The highest BCUT2D eigenvalue weighted by atomic mass is 32.2. The predicted molar refractivity (Wildman–Crippen MR) is 112 cm³/mol. The average molecular weight is 392 g/mol. The topological polar surface area (TPSA) is 55.8 Å². The number of hydrogen-bond donors (Lipinski definition) is 1. The van der Waals surface area contributed by atoms with Gasteiger partial charge in [0.05, 0.1) is 13.2 Å². The van der Waals surface area contributed by atoms with Gasteiger partial charge in [-0.1, -0.05) is 42.5 Å².